The zero-order chi connectivity index (χ0) is 13.3. The molecule has 2 rings (SSSR count). The molecule has 2 N–H and O–H groups in total. The van der Waals surface area contributed by atoms with Crippen LogP contribution < -0.4 is 5.73 Å². The average molecular weight is 251 g/mol. The van der Waals surface area contributed by atoms with Gasteiger partial charge >= 0.3 is 0 Å². The van der Waals surface area contributed by atoms with Gasteiger partial charge in [-0.15, -0.1) is 0 Å². The van der Waals surface area contributed by atoms with Gasteiger partial charge in [-0.3, -0.25) is 0 Å². The molecule has 0 aliphatic heterocycles. The lowest BCUT2D eigenvalue weighted by atomic mass is 9.61. The van der Waals surface area contributed by atoms with Crippen molar-refractivity contribution in [3.8, 4) is 0 Å². The maximum absolute atomic E-state index is 6.87. The van der Waals surface area contributed by atoms with Crippen molar-refractivity contribution in [3.05, 3.63) is 0 Å². The second-order valence-electron chi connectivity index (χ2n) is 7.80. The van der Waals surface area contributed by atoms with E-state index in [0.29, 0.717) is 0 Å². The first-order chi connectivity index (χ1) is 8.42. The summed E-state index contributed by atoms with van der Waals surface area (Å²) in [5.74, 6) is 4.27. The third kappa shape index (κ3) is 2.92. The molecule has 0 radical (unpaired) electrons. The summed E-state index contributed by atoms with van der Waals surface area (Å²) in [7, 11) is 0. The molecule has 106 valence electrons. The van der Waals surface area contributed by atoms with Gasteiger partial charge < -0.3 is 5.73 Å². The second kappa shape index (κ2) is 5.53. The third-order valence-electron chi connectivity index (χ3n) is 6.21. The van der Waals surface area contributed by atoms with Crippen molar-refractivity contribution in [2.75, 3.05) is 0 Å². The van der Waals surface area contributed by atoms with Gasteiger partial charge in [0.15, 0.2) is 0 Å². The van der Waals surface area contributed by atoms with Crippen LogP contribution in [0.3, 0.4) is 0 Å². The van der Waals surface area contributed by atoms with E-state index in [9.17, 15) is 0 Å². The second-order valence-corrected chi connectivity index (χ2v) is 7.80. The lowest BCUT2D eigenvalue weighted by Crippen LogP contribution is -2.52. The number of rotatable bonds is 2. The Balaban J connectivity index is 2.01. The van der Waals surface area contributed by atoms with Crippen molar-refractivity contribution in [2.24, 2.45) is 35.3 Å². The first kappa shape index (κ1) is 14.4. The Labute approximate surface area is 114 Å². The van der Waals surface area contributed by atoms with Gasteiger partial charge in [0.05, 0.1) is 0 Å². The van der Waals surface area contributed by atoms with Crippen LogP contribution in [0.5, 0.6) is 0 Å². The van der Waals surface area contributed by atoms with Gasteiger partial charge in [0.2, 0.25) is 0 Å². The topological polar surface area (TPSA) is 26.0 Å². The van der Waals surface area contributed by atoms with Crippen LogP contribution >= 0.6 is 0 Å². The van der Waals surface area contributed by atoms with Crippen LogP contribution in [0.4, 0.5) is 0 Å². The first-order valence-electron chi connectivity index (χ1n) is 8.21. The van der Waals surface area contributed by atoms with Crippen LogP contribution in [0.15, 0.2) is 0 Å². The summed E-state index contributed by atoms with van der Waals surface area (Å²) < 4.78 is 0. The average Bonchev–Trinajstić information content (AvgIpc) is 2.32. The van der Waals surface area contributed by atoms with E-state index in [1.165, 1.54) is 44.9 Å². The fraction of sp³-hybridized carbons (Fsp3) is 1.00. The maximum Gasteiger partial charge on any atom is 0.0185 e. The highest BCUT2D eigenvalue weighted by molar-refractivity contribution is 4.98. The van der Waals surface area contributed by atoms with Crippen LogP contribution in [0, 0.1) is 29.6 Å². The summed E-state index contributed by atoms with van der Waals surface area (Å²) in [6.45, 7) is 9.61. The first-order valence-corrected chi connectivity index (χ1v) is 8.21. The number of nitrogens with two attached hydrogens (primary N) is 1. The number of hydrogen-bond acceptors (Lipinski definition) is 1. The molecule has 2 fully saturated rings. The van der Waals surface area contributed by atoms with E-state index in [0.717, 1.165) is 29.6 Å². The summed E-state index contributed by atoms with van der Waals surface area (Å²) in [5, 5.41) is 0. The van der Waals surface area contributed by atoms with Crippen LogP contribution in [0.1, 0.15) is 72.6 Å². The van der Waals surface area contributed by atoms with E-state index in [1.807, 2.05) is 0 Å². The minimum absolute atomic E-state index is 0.168. The molecule has 5 unspecified atom stereocenters. The van der Waals surface area contributed by atoms with Gasteiger partial charge in [-0.1, -0.05) is 47.0 Å². The molecule has 5 atom stereocenters. The van der Waals surface area contributed by atoms with Gasteiger partial charge in [-0.05, 0) is 55.3 Å². The van der Waals surface area contributed by atoms with Crippen LogP contribution in [-0.4, -0.2) is 5.54 Å². The summed E-state index contributed by atoms with van der Waals surface area (Å²) in [6, 6.07) is 0. The molecular weight excluding hydrogens is 218 g/mol. The molecule has 2 saturated carbocycles. The molecule has 18 heavy (non-hydrogen) atoms. The number of hydrogen-bond donors (Lipinski definition) is 1. The smallest absolute Gasteiger partial charge is 0.0185 e. The zero-order valence-electron chi connectivity index (χ0n) is 12.9. The summed E-state index contributed by atoms with van der Waals surface area (Å²) in [4.78, 5) is 0. The van der Waals surface area contributed by atoms with Crippen LogP contribution in [0.25, 0.3) is 0 Å². The fourth-order valence-corrected chi connectivity index (χ4v) is 4.40. The summed E-state index contributed by atoms with van der Waals surface area (Å²) in [5.41, 5.74) is 7.04. The Bertz CT molecular complexity index is 273. The highest BCUT2D eigenvalue weighted by Crippen LogP contribution is 2.46. The Morgan fingerprint density at radius 1 is 1.06 bits per heavy atom. The van der Waals surface area contributed by atoms with Crippen LogP contribution in [-0.2, 0) is 0 Å². The molecular formula is C17H33N. The Kier molecular flexibility index (Phi) is 4.41. The highest BCUT2D eigenvalue weighted by Gasteiger charge is 2.42. The van der Waals surface area contributed by atoms with Crippen molar-refractivity contribution < 1.29 is 0 Å². The molecule has 0 aromatic heterocycles. The van der Waals surface area contributed by atoms with Crippen molar-refractivity contribution in [1.82, 2.24) is 0 Å². The molecule has 0 amide bonds. The fourth-order valence-electron chi connectivity index (χ4n) is 4.40. The molecule has 0 heterocycles. The molecule has 0 aromatic carbocycles. The van der Waals surface area contributed by atoms with Crippen LogP contribution in [0.2, 0.25) is 0 Å². The van der Waals surface area contributed by atoms with E-state index >= 15 is 0 Å². The van der Waals surface area contributed by atoms with E-state index in [-0.39, 0.29) is 5.54 Å². The molecule has 2 aliphatic rings. The van der Waals surface area contributed by atoms with Crippen molar-refractivity contribution >= 4 is 0 Å². The molecule has 0 spiro atoms. The lowest BCUT2D eigenvalue weighted by molar-refractivity contribution is 0.0731. The minimum atomic E-state index is 0.168. The normalized spacial score (nSPS) is 46.3. The predicted octanol–water partition coefficient (Wildman–Crippen LogP) is 4.60. The van der Waals surface area contributed by atoms with Crippen molar-refractivity contribution in [1.29, 1.82) is 0 Å². The molecule has 0 bridgehead atoms. The van der Waals surface area contributed by atoms with E-state index in [4.69, 9.17) is 5.73 Å². The van der Waals surface area contributed by atoms with E-state index in [1.54, 1.807) is 0 Å². The van der Waals surface area contributed by atoms with Crippen molar-refractivity contribution in [2.45, 2.75) is 78.2 Å². The molecule has 1 heteroatoms. The van der Waals surface area contributed by atoms with Gasteiger partial charge in [0, 0.05) is 5.54 Å². The van der Waals surface area contributed by atoms with Gasteiger partial charge in [-0.25, -0.2) is 0 Å². The Hall–Kier alpha value is -0.0400. The monoisotopic (exact) mass is 251 g/mol. The largest absolute Gasteiger partial charge is 0.325 e. The Morgan fingerprint density at radius 2 is 1.78 bits per heavy atom. The Morgan fingerprint density at radius 3 is 2.39 bits per heavy atom. The third-order valence-corrected chi connectivity index (χ3v) is 6.21. The van der Waals surface area contributed by atoms with Gasteiger partial charge in [-0.2, -0.15) is 0 Å². The maximum atomic E-state index is 6.87. The van der Waals surface area contributed by atoms with Gasteiger partial charge in [0.1, 0.15) is 0 Å². The summed E-state index contributed by atoms with van der Waals surface area (Å²) >= 11 is 0. The molecule has 0 aromatic rings. The zero-order valence-corrected chi connectivity index (χ0v) is 12.9. The molecule has 0 saturated heterocycles. The lowest BCUT2D eigenvalue weighted by Gasteiger charge is -2.48. The molecule has 2 aliphatic carbocycles. The predicted molar refractivity (Wildman–Crippen MR) is 79.4 cm³/mol. The summed E-state index contributed by atoms with van der Waals surface area (Å²) in [6.07, 6.45) is 9.50. The van der Waals surface area contributed by atoms with E-state index < -0.39 is 0 Å². The van der Waals surface area contributed by atoms with Crippen molar-refractivity contribution in [3.63, 3.8) is 0 Å². The molecule has 1 nitrogen and oxygen atoms in total. The standard InChI is InChI=1S/C17H33N/c1-12(2)15-6-5-9-17(18,11-15)16-8-7-13(3)14(4)10-16/h12-16H,5-11,18H2,1-4H3. The highest BCUT2D eigenvalue weighted by atomic mass is 14.8. The minimum Gasteiger partial charge on any atom is -0.325 e. The SMILES string of the molecule is CC(C)C1CCCC(N)(C2CCC(C)C(C)C2)C1. The van der Waals surface area contributed by atoms with Gasteiger partial charge in [0.25, 0.3) is 0 Å². The van der Waals surface area contributed by atoms with E-state index in [2.05, 4.69) is 27.7 Å². The quantitative estimate of drug-likeness (QED) is 0.762.